The van der Waals surface area contributed by atoms with E-state index in [4.69, 9.17) is 4.52 Å². The average molecular weight is 327 g/mol. The monoisotopic (exact) mass is 327 g/mol. The Morgan fingerprint density at radius 1 is 1.26 bits per heavy atom. The van der Waals surface area contributed by atoms with Gasteiger partial charge < -0.3 is 9.84 Å². The smallest absolute Gasteiger partial charge is 0.230 e. The summed E-state index contributed by atoms with van der Waals surface area (Å²) in [6.45, 7) is 5.77. The summed E-state index contributed by atoms with van der Waals surface area (Å²) in [4.78, 5) is 17.7. The second kappa shape index (κ2) is 6.34. The van der Waals surface area contributed by atoms with Gasteiger partial charge in [0.25, 0.3) is 0 Å². The molecule has 23 heavy (non-hydrogen) atoms. The van der Waals surface area contributed by atoms with Crippen LogP contribution >= 0.6 is 11.3 Å². The molecule has 3 rings (SSSR count). The van der Waals surface area contributed by atoms with Crippen LogP contribution in [0.25, 0.3) is 10.6 Å². The fraction of sp³-hybridized carbons (Fsp3) is 0.235. The third kappa shape index (κ3) is 3.48. The van der Waals surface area contributed by atoms with E-state index in [1.54, 1.807) is 24.3 Å². The molecule has 0 saturated heterocycles. The van der Waals surface area contributed by atoms with Crippen molar-refractivity contribution in [3.63, 3.8) is 0 Å². The Morgan fingerprint density at radius 3 is 2.74 bits per heavy atom. The van der Waals surface area contributed by atoms with Crippen LogP contribution in [0.2, 0.25) is 0 Å². The SMILES string of the molecule is Cc1cc(NC(=O)Cc2sc(-c3ccccc3C)nc2C)no1. The van der Waals surface area contributed by atoms with Crippen molar-refractivity contribution >= 4 is 23.1 Å². The number of amides is 1. The largest absolute Gasteiger partial charge is 0.360 e. The van der Waals surface area contributed by atoms with Gasteiger partial charge in [-0.3, -0.25) is 4.79 Å². The van der Waals surface area contributed by atoms with Gasteiger partial charge in [0.2, 0.25) is 5.91 Å². The Bertz CT molecular complexity index is 851. The number of thiazole rings is 1. The maximum atomic E-state index is 12.1. The summed E-state index contributed by atoms with van der Waals surface area (Å²) in [5.74, 6) is 0.978. The van der Waals surface area contributed by atoms with Crippen LogP contribution in [-0.4, -0.2) is 16.0 Å². The van der Waals surface area contributed by atoms with Crippen molar-refractivity contribution in [2.75, 3.05) is 5.32 Å². The molecule has 0 radical (unpaired) electrons. The van der Waals surface area contributed by atoms with Crippen molar-refractivity contribution in [2.24, 2.45) is 0 Å². The zero-order valence-electron chi connectivity index (χ0n) is 13.2. The molecule has 0 unspecified atom stereocenters. The zero-order valence-corrected chi connectivity index (χ0v) is 14.0. The number of carbonyl (C=O) groups is 1. The first-order chi connectivity index (χ1) is 11.0. The van der Waals surface area contributed by atoms with Crippen molar-refractivity contribution in [3.05, 3.63) is 52.2 Å². The van der Waals surface area contributed by atoms with Crippen LogP contribution in [-0.2, 0) is 11.2 Å². The van der Waals surface area contributed by atoms with Crippen molar-refractivity contribution in [1.29, 1.82) is 0 Å². The lowest BCUT2D eigenvalue weighted by molar-refractivity contribution is -0.115. The van der Waals surface area contributed by atoms with Gasteiger partial charge in [0.1, 0.15) is 10.8 Å². The van der Waals surface area contributed by atoms with Gasteiger partial charge in [0.15, 0.2) is 5.82 Å². The number of aromatic nitrogens is 2. The third-order valence-corrected chi connectivity index (χ3v) is 4.68. The van der Waals surface area contributed by atoms with Crippen molar-refractivity contribution in [2.45, 2.75) is 27.2 Å². The molecular weight excluding hydrogens is 310 g/mol. The number of carbonyl (C=O) groups excluding carboxylic acids is 1. The molecular formula is C17H17N3O2S. The van der Waals surface area contributed by atoms with E-state index >= 15 is 0 Å². The van der Waals surface area contributed by atoms with Crippen LogP contribution in [0, 0.1) is 20.8 Å². The average Bonchev–Trinajstić information content (AvgIpc) is 3.06. The fourth-order valence-electron chi connectivity index (χ4n) is 2.28. The molecule has 0 aliphatic rings. The first kappa shape index (κ1) is 15.4. The molecule has 6 heteroatoms. The van der Waals surface area contributed by atoms with E-state index < -0.39 is 0 Å². The van der Waals surface area contributed by atoms with Crippen molar-refractivity contribution < 1.29 is 9.32 Å². The highest BCUT2D eigenvalue weighted by molar-refractivity contribution is 7.15. The van der Waals surface area contributed by atoms with E-state index in [1.165, 1.54) is 5.56 Å². The van der Waals surface area contributed by atoms with E-state index in [9.17, 15) is 4.79 Å². The number of aryl methyl sites for hydroxylation is 3. The summed E-state index contributed by atoms with van der Waals surface area (Å²) >= 11 is 1.56. The molecule has 1 amide bonds. The van der Waals surface area contributed by atoms with Crippen LogP contribution in [0.15, 0.2) is 34.9 Å². The topological polar surface area (TPSA) is 68.0 Å². The van der Waals surface area contributed by atoms with Crippen molar-refractivity contribution in [3.8, 4) is 10.6 Å². The van der Waals surface area contributed by atoms with Crippen LogP contribution in [0.5, 0.6) is 0 Å². The molecule has 118 valence electrons. The molecule has 0 aliphatic heterocycles. The molecule has 3 aromatic rings. The second-order valence-electron chi connectivity index (χ2n) is 5.39. The molecule has 5 nitrogen and oxygen atoms in total. The summed E-state index contributed by atoms with van der Waals surface area (Å²) in [5.41, 5.74) is 3.18. The van der Waals surface area contributed by atoms with E-state index in [-0.39, 0.29) is 12.3 Å². The van der Waals surface area contributed by atoms with E-state index in [2.05, 4.69) is 34.5 Å². The maximum Gasteiger partial charge on any atom is 0.230 e. The van der Waals surface area contributed by atoms with Gasteiger partial charge in [0.05, 0.1) is 12.1 Å². The molecule has 0 bridgehead atoms. The fourth-order valence-corrected chi connectivity index (χ4v) is 3.43. The maximum absolute atomic E-state index is 12.1. The minimum absolute atomic E-state index is 0.124. The minimum Gasteiger partial charge on any atom is -0.360 e. The van der Waals surface area contributed by atoms with Gasteiger partial charge >= 0.3 is 0 Å². The zero-order chi connectivity index (χ0) is 16.4. The van der Waals surface area contributed by atoms with E-state index in [1.807, 2.05) is 19.1 Å². The minimum atomic E-state index is -0.124. The lowest BCUT2D eigenvalue weighted by atomic mass is 10.1. The molecule has 1 aromatic carbocycles. The number of nitrogens with zero attached hydrogens (tertiary/aromatic N) is 2. The van der Waals surface area contributed by atoms with Gasteiger partial charge in [-0.25, -0.2) is 4.98 Å². The molecule has 0 atom stereocenters. The van der Waals surface area contributed by atoms with Gasteiger partial charge in [-0.05, 0) is 26.3 Å². The van der Waals surface area contributed by atoms with Crippen molar-refractivity contribution in [1.82, 2.24) is 10.1 Å². The number of benzene rings is 1. The van der Waals surface area contributed by atoms with Crippen LogP contribution in [0.3, 0.4) is 0 Å². The van der Waals surface area contributed by atoms with Gasteiger partial charge in [-0.1, -0.05) is 29.4 Å². The van der Waals surface area contributed by atoms with Crippen LogP contribution in [0.1, 0.15) is 21.9 Å². The first-order valence-electron chi connectivity index (χ1n) is 7.28. The molecule has 2 aromatic heterocycles. The quantitative estimate of drug-likeness (QED) is 0.789. The lowest BCUT2D eigenvalue weighted by Gasteiger charge is -2.00. The molecule has 0 saturated carbocycles. The van der Waals surface area contributed by atoms with Gasteiger partial charge in [-0.15, -0.1) is 11.3 Å². The summed E-state index contributed by atoms with van der Waals surface area (Å²) < 4.78 is 4.94. The predicted molar refractivity (Wildman–Crippen MR) is 90.6 cm³/mol. The normalized spacial score (nSPS) is 10.7. The Kier molecular flexibility index (Phi) is 4.25. The second-order valence-corrected chi connectivity index (χ2v) is 6.47. The van der Waals surface area contributed by atoms with Crippen LogP contribution in [0.4, 0.5) is 5.82 Å². The van der Waals surface area contributed by atoms with Gasteiger partial charge in [0, 0.05) is 16.5 Å². The van der Waals surface area contributed by atoms with Crippen LogP contribution < -0.4 is 5.32 Å². The number of rotatable bonds is 4. The lowest BCUT2D eigenvalue weighted by Crippen LogP contribution is -2.14. The Morgan fingerprint density at radius 2 is 2.04 bits per heavy atom. The molecule has 0 fully saturated rings. The summed E-state index contributed by atoms with van der Waals surface area (Å²) in [5, 5.41) is 7.44. The number of anilines is 1. The standard InChI is InChI=1S/C17H17N3O2S/c1-10-6-4-5-7-13(10)17-18-12(3)14(23-17)9-16(21)19-15-8-11(2)22-20-15/h4-8H,9H2,1-3H3,(H,19,20,21). The Hall–Kier alpha value is -2.47. The Balaban J connectivity index is 1.76. The summed E-state index contributed by atoms with van der Waals surface area (Å²) in [7, 11) is 0. The van der Waals surface area contributed by atoms with E-state index in [0.29, 0.717) is 11.6 Å². The molecule has 0 spiro atoms. The highest BCUT2D eigenvalue weighted by Gasteiger charge is 2.15. The third-order valence-electron chi connectivity index (χ3n) is 3.48. The number of nitrogens with one attached hydrogen (secondary N) is 1. The number of hydrogen-bond donors (Lipinski definition) is 1. The van der Waals surface area contributed by atoms with E-state index in [0.717, 1.165) is 21.1 Å². The number of hydrogen-bond acceptors (Lipinski definition) is 5. The highest BCUT2D eigenvalue weighted by Crippen LogP contribution is 2.30. The molecule has 2 heterocycles. The molecule has 0 aliphatic carbocycles. The summed E-state index contributed by atoms with van der Waals surface area (Å²) in [6, 6.07) is 9.81. The summed E-state index contributed by atoms with van der Waals surface area (Å²) in [6.07, 6.45) is 0.279. The van der Waals surface area contributed by atoms with Gasteiger partial charge in [-0.2, -0.15) is 0 Å². The highest BCUT2D eigenvalue weighted by atomic mass is 32.1. The molecule has 1 N–H and O–H groups in total. The predicted octanol–water partition coefficient (Wildman–Crippen LogP) is 3.90. The first-order valence-corrected chi connectivity index (χ1v) is 8.10. The Labute approximate surface area is 138 Å².